The molecule has 1 saturated heterocycles. The zero-order valence-corrected chi connectivity index (χ0v) is 24.2. The number of carboxylic acids is 1. The van der Waals surface area contributed by atoms with E-state index in [1.54, 1.807) is 12.1 Å². The first-order valence-corrected chi connectivity index (χ1v) is 14.2. The number of aliphatic hydroxyl groups excluding tert-OH is 4. The van der Waals surface area contributed by atoms with Gasteiger partial charge in [0.05, 0.1) is 32.0 Å². The number of ketones is 1. The molecule has 5 unspecified atom stereocenters. The summed E-state index contributed by atoms with van der Waals surface area (Å²) in [6.45, 7) is 2.90. The number of carbonyl (C=O) groups excluding carboxylic acids is 3. The lowest BCUT2D eigenvalue weighted by Gasteiger charge is -2.45. The van der Waals surface area contributed by atoms with E-state index in [0.29, 0.717) is 25.1 Å². The molecule has 0 aromatic heterocycles. The van der Waals surface area contributed by atoms with Crippen molar-refractivity contribution in [2.24, 2.45) is 5.92 Å². The molecule has 1 fully saturated rings. The largest absolute Gasteiger partial charge is 0.479 e. The molecule has 0 saturated carbocycles. The highest BCUT2D eigenvalue weighted by atomic mass is 16.6. The molecule has 1 heterocycles. The molecule has 13 nitrogen and oxygen atoms in total. The monoisotopic (exact) mass is 596 g/mol. The molecule has 1 aromatic rings. The summed E-state index contributed by atoms with van der Waals surface area (Å²) >= 11 is 0. The lowest BCUT2D eigenvalue weighted by molar-refractivity contribution is -0.235. The van der Waals surface area contributed by atoms with Crippen LogP contribution in [0.2, 0.25) is 0 Å². The van der Waals surface area contributed by atoms with E-state index >= 15 is 0 Å². The molecule has 0 bridgehead atoms. The van der Waals surface area contributed by atoms with Crippen molar-refractivity contribution in [1.29, 1.82) is 0 Å². The number of Topliss-reactive ketones (excluding diaryl/α,β-unsaturated/α-hetero) is 1. The van der Waals surface area contributed by atoms with Crippen LogP contribution < -0.4 is 10.6 Å². The predicted octanol–water partition coefficient (Wildman–Crippen LogP) is -0.435. The van der Waals surface area contributed by atoms with E-state index in [1.165, 1.54) is 12.5 Å². The van der Waals surface area contributed by atoms with Crippen LogP contribution >= 0.6 is 0 Å². The number of hydrogen-bond donors (Lipinski definition) is 7. The number of aliphatic hydroxyl groups is 4. The van der Waals surface area contributed by atoms with Crippen molar-refractivity contribution < 1.29 is 54.2 Å². The molecule has 1 aliphatic rings. The van der Waals surface area contributed by atoms with Crippen molar-refractivity contribution in [3.8, 4) is 0 Å². The Kier molecular flexibility index (Phi) is 14.5. The Morgan fingerprint density at radius 1 is 1.12 bits per heavy atom. The molecule has 2 rings (SSSR count). The van der Waals surface area contributed by atoms with Crippen molar-refractivity contribution in [3.05, 3.63) is 35.4 Å². The van der Waals surface area contributed by atoms with E-state index in [-0.39, 0.29) is 38.3 Å². The van der Waals surface area contributed by atoms with Gasteiger partial charge in [-0.2, -0.15) is 0 Å². The Hall–Kier alpha value is -2.94. The molecule has 6 atom stereocenters. The van der Waals surface area contributed by atoms with Gasteiger partial charge in [-0.25, -0.2) is 4.79 Å². The van der Waals surface area contributed by atoms with Crippen LogP contribution in [0.1, 0.15) is 61.9 Å². The Morgan fingerprint density at radius 3 is 2.43 bits per heavy atom. The smallest absolute Gasteiger partial charge is 0.335 e. The fourth-order valence-electron chi connectivity index (χ4n) is 4.72. The number of carbonyl (C=O) groups is 4. The lowest BCUT2D eigenvalue weighted by Crippen LogP contribution is -2.60. The van der Waals surface area contributed by atoms with Gasteiger partial charge in [0.25, 0.3) is 5.91 Å². The van der Waals surface area contributed by atoms with Gasteiger partial charge in [-0.3, -0.25) is 14.4 Å². The number of rotatable bonds is 18. The lowest BCUT2D eigenvalue weighted by atomic mass is 9.78. The van der Waals surface area contributed by atoms with Gasteiger partial charge in [-0.1, -0.05) is 25.5 Å². The Morgan fingerprint density at radius 2 is 1.81 bits per heavy atom. The van der Waals surface area contributed by atoms with Gasteiger partial charge in [-0.05, 0) is 37.5 Å². The number of carboxylic acid groups (broad SMARTS) is 1. The normalized spacial score (nSPS) is 23.5. The summed E-state index contributed by atoms with van der Waals surface area (Å²) in [5.74, 6) is -3.61. The van der Waals surface area contributed by atoms with Crippen molar-refractivity contribution in [1.82, 2.24) is 10.6 Å². The average molecular weight is 597 g/mol. The molecule has 42 heavy (non-hydrogen) atoms. The molecule has 236 valence electrons. The van der Waals surface area contributed by atoms with Gasteiger partial charge in [-0.15, -0.1) is 0 Å². The summed E-state index contributed by atoms with van der Waals surface area (Å²) in [4.78, 5) is 48.5. The van der Waals surface area contributed by atoms with Gasteiger partial charge >= 0.3 is 5.97 Å². The third-order valence-electron chi connectivity index (χ3n) is 7.21. The summed E-state index contributed by atoms with van der Waals surface area (Å²) in [5.41, 5.74) is -0.109. The van der Waals surface area contributed by atoms with Crippen LogP contribution in [0.5, 0.6) is 0 Å². The number of nitrogens with one attached hydrogen (secondary N) is 2. The maximum atomic E-state index is 12.6. The van der Waals surface area contributed by atoms with Crippen molar-refractivity contribution in [3.63, 3.8) is 0 Å². The highest BCUT2D eigenvalue weighted by Crippen LogP contribution is 2.37. The van der Waals surface area contributed by atoms with Crippen LogP contribution in [0.4, 0.5) is 0 Å². The van der Waals surface area contributed by atoms with E-state index in [2.05, 4.69) is 17.6 Å². The van der Waals surface area contributed by atoms with Crippen LogP contribution in [0.15, 0.2) is 24.3 Å². The summed E-state index contributed by atoms with van der Waals surface area (Å²) in [6.07, 6.45) is -4.48. The second kappa shape index (κ2) is 17.2. The quantitative estimate of drug-likeness (QED) is 0.108. The zero-order chi connectivity index (χ0) is 31.3. The second-order valence-electron chi connectivity index (χ2n) is 10.7. The fraction of sp³-hybridized carbons (Fsp3) is 0.655. The van der Waals surface area contributed by atoms with Crippen molar-refractivity contribution >= 4 is 23.6 Å². The number of aliphatic carboxylic acids is 1. The second-order valence-corrected chi connectivity index (χ2v) is 10.7. The minimum atomic E-state index is -1.88. The van der Waals surface area contributed by atoms with Crippen LogP contribution in [0.3, 0.4) is 0 Å². The van der Waals surface area contributed by atoms with Gasteiger partial charge in [0, 0.05) is 43.9 Å². The molecule has 1 aliphatic heterocycles. The molecule has 13 heteroatoms. The number of aryl methyl sites for hydroxylation is 1. The van der Waals surface area contributed by atoms with Gasteiger partial charge in [0.15, 0.2) is 11.4 Å². The minimum absolute atomic E-state index is 0.0140. The molecule has 0 aliphatic carbocycles. The van der Waals surface area contributed by atoms with Gasteiger partial charge in [0.2, 0.25) is 5.91 Å². The van der Waals surface area contributed by atoms with Crippen LogP contribution in [-0.2, 0) is 30.3 Å². The number of ether oxygens (including phenoxy) is 2. The Balaban J connectivity index is 1.69. The number of hydrogen-bond acceptors (Lipinski definition) is 10. The van der Waals surface area contributed by atoms with Crippen LogP contribution in [-0.4, -0.2) is 112 Å². The molecule has 7 N–H and O–H groups in total. The highest BCUT2D eigenvalue weighted by Gasteiger charge is 2.51. The van der Waals surface area contributed by atoms with E-state index in [1.807, 2.05) is 12.1 Å². The first kappa shape index (κ1) is 35.3. The zero-order valence-electron chi connectivity index (χ0n) is 24.2. The molecular formula is C29H44N2O11. The van der Waals surface area contributed by atoms with E-state index in [4.69, 9.17) is 9.47 Å². The topological polar surface area (TPSA) is 212 Å². The highest BCUT2D eigenvalue weighted by molar-refractivity contribution is 5.94. The van der Waals surface area contributed by atoms with Crippen molar-refractivity contribution in [2.45, 2.75) is 82.4 Å². The minimum Gasteiger partial charge on any atom is -0.479 e. The first-order chi connectivity index (χ1) is 19.9. The van der Waals surface area contributed by atoms with Gasteiger partial charge < -0.3 is 45.6 Å². The standard InChI is InChI=1S/C29H44N2O11/c1-3-5-18-6-8-19(9-7-18)27(38)30-11-4-12-41-13-10-24(36)31-16-20(33)14-21-22(34)15-29(2,28(39)40)42-26(21)25(37)23(35)17-32/h6-9,21-23,25-26,32,34-35,37H,3-5,10-17H2,1-2H3,(H,30,38)(H,31,36)(H,39,40)/t21?,22?,23-,25?,26?,29?/m1/s1. The van der Waals surface area contributed by atoms with E-state index < -0.39 is 60.2 Å². The average Bonchev–Trinajstić information content (AvgIpc) is 2.96. The summed E-state index contributed by atoms with van der Waals surface area (Å²) in [7, 11) is 0. The summed E-state index contributed by atoms with van der Waals surface area (Å²) in [6, 6.07) is 7.47. The summed E-state index contributed by atoms with van der Waals surface area (Å²) in [5, 5.41) is 54.8. The Bertz CT molecular complexity index is 1030. The SMILES string of the molecule is CCCc1ccc(C(=O)NCCCOCCC(=O)NCC(=O)CC2C(O)CC(C)(C(=O)O)OC2C(O)[C@H](O)CO)cc1. The van der Waals surface area contributed by atoms with Crippen LogP contribution in [0, 0.1) is 5.92 Å². The number of benzene rings is 1. The molecular weight excluding hydrogens is 552 g/mol. The maximum absolute atomic E-state index is 12.6. The molecule has 1 aromatic carbocycles. The van der Waals surface area contributed by atoms with Crippen LogP contribution in [0.25, 0.3) is 0 Å². The summed E-state index contributed by atoms with van der Waals surface area (Å²) < 4.78 is 10.9. The third-order valence-corrected chi connectivity index (χ3v) is 7.21. The van der Waals surface area contributed by atoms with E-state index in [0.717, 1.165) is 12.8 Å². The molecule has 2 amide bonds. The third kappa shape index (κ3) is 10.7. The first-order valence-electron chi connectivity index (χ1n) is 14.2. The maximum Gasteiger partial charge on any atom is 0.335 e. The fourth-order valence-corrected chi connectivity index (χ4v) is 4.72. The predicted molar refractivity (Wildman–Crippen MR) is 150 cm³/mol. The molecule has 0 radical (unpaired) electrons. The molecule has 0 spiro atoms. The van der Waals surface area contributed by atoms with Gasteiger partial charge in [0.1, 0.15) is 12.2 Å². The van der Waals surface area contributed by atoms with E-state index in [9.17, 15) is 44.7 Å². The Labute approximate surface area is 245 Å². The van der Waals surface area contributed by atoms with Crippen molar-refractivity contribution in [2.75, 3.05) is 32.9 Å². The number of amides is 2.